The van der Waals surface area contributed by atoms with Crippen LogP contribution in [0, 0.1) is 12.8 Å². The van der Waals surface area contributed by atoms with Crippen LogP contribution in [0.5, 0.6) is 0 Å². The number of aryl methyl sites for hydroxylation is 1. The number of nitrogens with one attached hydrogen (secondary N) is 1. The summed E-state index contributed by atoms with van der Waals surface area (Å²) >= 11 is 0. The number of halogens is 2. The SMILES string of the molecule is Cc1cccc(NC(=O)C2CCCN(C(=O)Cc3ccc(N)cc3)C2)n1.Cl.Cl. The Morgan fingerprint density at radius 1 is 1.18 bits per heavy atom. The summed E-state index contributed by atoms with van der Waals surface area (Å²) in [6.07, 6.45) is 1.93. The lowest BCUT2D eigenvalue weighted by Gasteiger charge is -2.32. The van der Waals surface area contributed by atoms with Crippen LogP contribution in [0.3, 0.4) is 0 Å². The number of nitrogen functional groups attached to an aromatic ring is 1. The molecule has 8 heteroatoms. The summed E-state index contributed by atoms with van der Waals surface area (Å²) < 4.78 is 0. The maximum Gasteiger partial charge on any atom is 0.230 e. The van der Waals surface area contributed by atoms with Crippen molar-refractivity contribution in [2.24, 2.45) is 5.92 Å². The molecule has 0 bridgehead atoms. The van der Waals surface area contributed by atoms with Crippen molar-refractivity contribution in [2.75, 3.05) is 24.1 Å². The van der Waals surface area contributed by atoms with Gasteiger partial charge in [0.2, 0.25) is 11.8 Å². The topological polar surface area (TPSA) is 88.3 Å². The fraction of sp³-hybridized carbons (Fsp3) is 0.350. The van der Waals surface area contributed by atoms with E-state index in [1.165, 1.54) is 0 Å². The Bertz CT molecular complexity index is 799. The van der Waals surface area contributed by atoms with Gasteiger partial charge < -0.3 is 16.0 Å². The molecular weight excluding hydrogens is 399 g/mol. The van der Waals surface area contributed by atoms with E-state index in [1.54, 1.807) is 23.1 Å². The number of aromatic nitrogens is 1. The molecular formula is C20H26Cl2N4O2. The third-order valence-electron chi connectivity index (χ3n) is 4.62. The van der Waals surface area contributed by atoms with Crippen molar-refractivity contribution in [3.63, 3.8) is 0 Å². The van der Waals surface area contributed by atoms with Crippen LogP contribution in [0.15, 0.2) is 42.5 Å². The molecule has 0 spiro atoms. The van der Waals surface area contributed by atoms with E-state index >= 15 is 0 Å². The van der Waals surface area contributed by atoms with E-state index in [0.29, 0.717) is 31.0 Å². The second kappa shape index (κ2) is 10.9. The van der Waals surface area contributed by atoms with Gasteiger partial charge in [-0.25, -0.2) is 4.98 Å². The van der Waals surface area contributed by atoms with Crippen molar-refractivity contribution in [1.82, 2.24) is 9.88 Å². The molecule has 1 aromatic carbocycles. The Morgan fingerprint density at radius 2 is 1.89 bits per heavy atom. The number of anilines is 2. The third-order valence-corrected chi connectivity index (χ3v) is 4.62. The van der Waals surface area contributed by atoms with Crippen molar-refractivity contribution < 1.29 is 9.59 Å². The third kappa shape index (κ3) is 6.39. The normalized spacial score (nSPS) is 15.8. The largest absolute Gasteiger partial charge is 0.399 e. The Balaban J connectivity index is 0.00000196. The first-order chi connectivity index (χ1) is 12.5. The Labute approximate surface area is 177 Å². The lowest BCUT2D eigenvalue weighted by molar-refractivity contribution is -0.133. The number of nitrogens with zero attached hydrogens (tertiary/aromatic N) is 2. The van der Waals surface area contributed by atoms with Gasteiger partial charge in [-0.15, -0.1) is 24.8 Å². The fourth-order valence-electron chi connectivity index (χ4n) is 3.18. The predicted octanol–water partition coefficient (Wildman–Crippen LogP) is 3.24. The number of hydrogen-bond donors (Lipinski definition) is 2. The number of benzene rings is 1. The summed E-state index contributed by atoms with van der Waals surface area (Å²) in [5, 5.41) is 2.87. The molecule has 1 unspecified atom stereocenters. The summed E-state index contributed by atoms with van der Waals surface area (Å²) in [7, 11) is 0. The molecule has 0 saturated carbocycles. The molecule has 1 aliphatic heterocycles. The first kappa shape index (κ1) is 23.7. The smallest absolute Gasteiger partial charge is 0.230 e. The Hall–Kier alpha value is -2.31. The minimum atomic E-state index is -0.207. The van der Waals surface area contributed by atoms with Gasteiger partial charge >= 0.3 is 0 Å². The van der Waals surface area contributed by atoms with E-state index in [2.05, 4.69) is 10.3 Å². The minimum Gasteiger partial charge on any atom is -0.399 e. The highest BCUT2D eigenvalue weighted by molar-refractivity contribution is 5.92. The van der Waals surface area contributed by atoms with Crippen molar-refractivity contribution in [2.45, 2.75) is 26.2 Å². The second-order valence-electron chi connectivity index (χ2n) is 6.75. The van der Waals surface area contributed by atoms with Gasteiger partial charge in [0.05, 0.1) is 12.3 Å². The van der Waals surface area contributed by atoms with Crippen LogP contribution in [-0.2, 0) is 16.0 Å². The van der Waals surface area contributed by atoms with Crippen LogP contribution < -0.4 is 11.1 Å². The first-order valence-electron chi connectivity index (χ1n) is 8.88. The summed E-state index contributed by atoms with van der Waals surface area (Å²) in [5.41, 5.74) is 8.14. The van der Waals surface area contributed by atoms with Gasteiger partial charge in [0.15, 0.2) is 0 Å². The van der Waals surface area contributed by atoms with Gasteiger partial charge in [-0.2, -0.15) is 0 Å². The molecule has 2 aromatic rings. The predicted molar refractivity (Wildman–Crippen MR) is 116 cm³/mol. The van der Waals surface area contributed by atoms with Crippen LogP contribution in [-0.4, -0.2) is 34.8 Å². The molecule has 1 fully saturated rings. The highest BCUT2D eigenvalue weighted by Gasteiger charge is 2.28. The highest BCUT2D eigenvalue weighted by atomic mass is 35.5. The molecule has 2 heterocycles. The number of amides is 2. The number of piperidine rings is 1. The number of hydrogen-bond acceptors (Lipinski definition) is 4. The molecule has 1 atom stereocenters. The molecule has 6 nitrogen and oxygen atoms in total. The summed E-state index contributed by atoms with van der Waals surface area (Å²) in [5.74, 6) is 0.316. The number of nitrogens with two attached hydrogens (primary N) is 1. The monoisotopic (exact) mass is 424 g/mol. The van der Waals surface area contributed by atoms with Gasteiger partial charge in [-0.1, -0.05) is 18.2 Å². The van der Waals surface area contributed by atoms with Gasteiger partial charge in [-0.3, -0.25) is 9.59 Å². The molecule has 1 saturated heterocycles. The molecule has 152 valence electrons. The maximum atomic E-state index is 12.6. The van der Waals surface area contributed by atoms with E-state index < -0.39 is 0 Å². The zero-order valence-corrected chi connectivity index (χ0v) is 17.4. The average Bonchev–Trinajstić information content (AvgIpc) is 2.64. The van der Waals surface area contributed by atoms with E-state index in [0.717, 1.165) is 24.1 Å². The number of rotatable bonds is 4. The molecule has 1 aromatic heterocycles. The van der Waals surface area contributed by atoms with Crippen LogP contribution >= 0.6 is 24.8 Å². The average molecular weight is 425 g/mol. The van der Waals surface area contributed by atoms with Gasteiger partial charge in [-0.05, 0) is 49.6 Å². The quantitative estimate of drug-likeness (QED) is 0.737. The van der Waals surface area contributed by atoms with Crippen molar-refractivity contribution in [3.05, 3.63) is 53.7 Å². The first-order valence-corrected chi connectivity index (χ1v) is 8.88. The number of pyridine rings is 1. The lowest BCUT2D eigenvalue weighted by atomic mass is 9.96. The molecule has 1 aliphatic rings. The molecule has 2 amide bonds. The van der Waals surface area contributed by atoms with Gasteiger partial charge in [0, 0.05) is 24.5 Å². The van der Waals surface area contributed by atoms with Crippen LogP contribution in [0.1, 0.15) is 24.1 Å². The molecule has 0 aliphatic carbocycles. The molecule has 3 N–H and O–H groups in total. The Morgan fingerprint density at radius 3 is 2.57 bits per heavy atom. The zero-order valence-electron chi connectivity index (χ0n) is 15.8. The Kier molecular flexibility index (Phi) is 9.22. The standard InChI is InChI=1S/C20H24N4O2.2ClH/c1-14-4-2-6-18(22-14)23-20(26)16-5-3-11-24(13-16)19(25)12-15-7-9-17(21)10-8-15;;/h2,4,6-10,16H,3,5,11-13,21H2,1H3,(H,22,23,26);2*1H. The van der Waals surface area contributed by atoms with Crippen LogP contribution in [0.2, 0.25) is 0 Å². The summed E-state index contributed by atoms with van der Waals surface area (Å²) in [6, 6.07) is 12.8. The van der Waals surface area contributed by atoms with E-state index in [-0.39, 0.29) is 42.5 Å². The van der Waals surface area contributed by atoms with Gasteiger partial charge in [0.1, 0.15) is 5.82 Å². The maximum absolute atomic E-state index is 12.6. The van der Waals surface area contributed by atoms with E-state index in [9.17, 15) is 9.59 Å². The molecule has 3 rings (SSSR count). The fourth-order valence-corrected chi connectivity index (χ4v) is 3.18. The molecule has 0 radical (unpaired) electrons. The van der Waals surface area contributed by atoms with Crippen molar-refractivity contribution in [3.8, 4) is 0 Å². The highest BCUT2D eigenvalue weighted by Crippen LogP contribution is 2.19. The molecule has 28 heavy (non-hydrogen) atoms. The summed E-state index contributed by atoms with van der Waals surface area (Å²) in [6.45, 7) is 3.03. The second-order valence-corrected chi connectivity index (χ2v) is 6.75. The number of carbonyl (C=O) groups excluding carboxylic acids is 2. The number of likely N-dealkylation sites (tertiary alicyclic amines) is 1. The van der Waals surface area contributed by atoms with Crippen molar-refractivity contribution >= 4 is 48.1 Å². The van der Waals surface area contributed by atoms with E-state index in [1.807, 2.05) is 31.2 Å². The zero-order chi connectivity index (χ0) is 18.5. The number of carbonyl (C=O) groups is 2. The van der Waals surface area contributed by atoms with E-state index in [4.69, 9.17) is 5.73 Å². The van der Waals surface area contributed by atoms with Gasteiger partial charge in [0.25, 0.3) is 0 Å². The van der Waals surface area contributed by atoms with Crippen LogP contribution in [0.25, 0.3) is 0 Å². The summed E-state index contributed by atoms with van der Waals surface area (Å²) in [4.78, 5) is 31.2. The lowest BCUT2D eigenvalue weighted by Crippen LogP contribution is -2.44. The minimum absolute atomic E-state index is 0. The van der Waals surface area contributed by atoms with Crippen LogP contribution in [0.4, 0.5) is 11.5 Å². The van der Waals surface area contributed by atoms with Crippen molar-refractivity contribution in [1.29, 1.82) is 0 Å².